The van der Waals surface area contributed by atoms with Gasteiger partial charge in [0, 0.05) is 6.54 Å². The Morgan fingerprint density at radius 3 is 2.50 bits per heavy atom. The van der Waals surface area contributed by atoms with Gasteiger partial charge in [0.25, 0.3) is 0 Å². The van der Waals surface area contributed by atoms with Gasteiger partial charge in [-0.15, -0.1) is 0 Å². The zero-order valence-corrected chi connectivity index (χ0v) is 13.8. The van der Waals surface area contributed by atoms with Gasteiger partial charge in [0.2, 0.25) is 0 Å². The monoisotopic (exact) mass is 288 g/mol. The van der Waals surface area contributed by atoms with E-state index in [1.54, 1.807) is 0 Å². The van der Waals surface area contributed by atoms with Crippen molar-refractivity contribution in [2.45, 2.75) is 52.7 Å². The predicted molar refractivity (Wildman–Crippen MR) is 81.9 cm³/mol. The highest BCUT2D eigenvalue weighted by Crippen LogP contribution is 1.99. The van der Waals surface area contributed by atoms with Crippen LogP contribution >= 0.6 is 0 Å². The number of hydrogen-bond acceptors (Lipinski definition) is 5. The normalized spacial score (nSPS) is 12.9. The number of likely N-dealkylation sites (N-methyl/N-ethyl adjacent to an activating group) is 1. The average Bonchev–Trinajstić information content (AvgIpc) is 2.38. The maximum atomic E-state index is 11.8. The number of ether oxygens (including phenoxy) is 2. The van der Waals surface area contributed by atoms with E-state index >= 15 is 0 Å². The van der Waals surface area contributed by atoms with Gasteiger partial charge in [-0.25, -0.2) is 0 Å². The highest BCUT2D eigenvalue weighted by molar-refractivity contribution is 5.75. The molecule has 0 bridgehead atoms. The SMILES string of the molecule is CCCNC(CCN(C)CCOC(C)C)C(=O)OCC. The van der Waals surface area contributed by atoms with Crippen molar-refractivity contribution < 1.29 is 14.3 Å². The molecule has 0 aliphatic heterocycles. The van der Waals surface area contributed by atoms with Crippen LogP contribution in [0.3, 0.4) is 0 Å². The molecule has 1 N–H and O–H groups in total. The molecule has 20 heavy (non-hydrogen) atoms. The first-order valence-electron chi connectivity index (χ1n) is 7.71. The number of esters is 1. The van der Waals surface area contributed by atoms with Crippen LogP contribution in [0.15, 0.2) is 0 Å². The fourth-order valence-corrected chi connectivity index (χ4v) is 1.77. The summed E-state index contributed by atoms with van der Waals surface area (Å²) >= 11 is 0. The van der Waals surface area contributed by atoms with Gasteiger partial charge in [-0.05, 0) is 53.8 Å². The smallest absolute Gasteiger partial charge is 0.323 e. The van der Waals surface area contributed by atoms with E-state index in [4.69, 9.17) is 9.47 Å². The summed E-state index contributed by atoms with van der Waals surface area (Å²) in [5, 5.41) is 3.25. The summed E-state index contributed by atoms with van der Waals surface area (Å²) < 4.78 is 10.6. The van der Waals surface area contributed by atoms with E-state index in [9.17, 15) is 4.79 Å². The maximum Gasteiger partial charge on any atom is 0.323 e. The van der Waals surface area contributed by atoms with Crippen LogP contribution in [-0.2, 0) is 14.3 Å². The first kappa shape index (κ1) is 19.4. The molecular weight excluding hydrogens is 256 g/mol. The lowest BCUT2D eigenvalue weighted by Gasteiger charge is -2.21. The maximum absolute atomic E-state index is 11.8. The van der Waals surface area contributed by atoms with Gasteiger partial charge in [0.05, 0.1) is 19.3 Å². The molecule has 0 saturated heterocycles. The van der Waals surface area contributed by atoms with E-state index in [1.807, 2.05) is 27.8 Å². The molecule has 1 unspecified atom stereocenters. The lowest BCUT2D eigenvalue weighted by molar-refractivity contribution is -0.145. The van der Waals surface area contributed by atoms with Crippen molar-refractivity contribution in [2.24, 2.45) is 0 Å². The molecule has 0 aliphatic rings. The minimum atomic E-state index is -0.205. The van der Waals surface area contributed by atoms with Crippen molar-refractivity contribution in [3.8, 4) is 0 Å². The van der Waals surface area contributed by atoms with E-state index in [-0.39, 0.29) is 18.1 Å². The molecule has 5 nitrogen and oxygen atoms in total. The van der Waals surface area contributed by atoms with Gasteiger partial charge < -0.3 is 19.7 Å². The second-order valence-electron chi connectivity index (χ2n) is 5.27. The number of nitrogens with zero attached hydrogens (tertiary/aromatic N) is 1. The molecular formula is C15H32N2O3. The second-order valence-corrected chi connectivity index (χ2v) is 5.27. The largest absolute Gasteiger partial charge is 0.465 e. The summed E-state index contributed by atoms with van der Waals surface area (Å²) in [5.41, 5.74) is 0. The molecule has 0 amide bonds. The van der Waals surface area contributed by atoms with E-state index in [0.717, 1.165) is 39.1 Å². The van der Waals surface area contributed by atoms with Crippen molar-refractivity contribution in [3.05, 3.63) is 0 Å². The van der Waals surface area contributed by atoms with Gasteiger partial charge in [0.1, 0.15) is 6.04 Å². The Morgan fingerprint density at radius 1 is 1.25 bits per heavy atom. The fourth-order valence-electron chi connectivity index (χ4n) is 1.77. The molecule has 0 rings (SSSR count). The van der Waals surface area contributed by atoms with Gasteiger partial charge in [-0.2, -0.15) is 0 Å². The third kappa shape index (κ3) is 10.2. The zero-order chi connectivity index (χ0) is 15.4. The van der Waals surface area contributed by atoms with Crippen molar-refractivity contribution in [3.63, 3.8) is 0 Å². The first-order valence-corrected chi connectivity index (χ1v) is 7.71. The third-order valence-corrected chi connectivity index (χ3v) is 2.94. The van der Waals surface area contributed by atoms with E-state index < -0.39 is 0 Å². The Balaban J connectivity index is 4.00. The van der Waals surface area contributed by atoms with Crippen LogP contribution in [0.4, 0.5) is 0 Å². The Bertz CT molecular complexity index is 247. The van der Waals surface area contributed by atoms with Crippen molar-refractivity contribution >= 4 is 5.97 Å². The quantitative estimate of drug-likeness (QED) is 0.554. The van der Waals surface area contributed by atoms with Gasteiger partial charge in [-0.3, -0.25) is 4.79 Å². The van der Waals surface area contributed by atoms with Crippen molar-refractivity contribution in [1.29, 1.82) is 0 Å². The predicted octanol–water partition coefficient (Wildman–Crippen LogP) is 1.66. The molecule has 5 heteroatoms. The van der Waals surface area contributed by atoms with Crippen LogP contribution in [0, 0.1) is 0 Å². The Hall–Kier alpha value is -0.650. The topological polar surface area (TPSA) is 50.8 Å². The van der Waals surface area contributed by atoms with Crippen LogP contribution in [0.1, 0.15) is 40.5 Å². The Kier molecular flexibility index (Phi) is 11.7. The summed E-state index contributed by atoms with van der Waals surface area (Å²) in [7, 11) is 2.05. The summed E-state index contributed by atoms with van der Waals surface area (Å²) in [6.07, 6.45) is 2.03. The van der Waals surface area contributed by atoms with Crippen LogP contribution in [0.5, 0.6) is 0 Å². The average molecular weight is 288 g/mol. The van der Waals surface area contributed by atoms with E-state index in [2.05, 4.69) is 17.1 Å². The fraction of sp³-hybridized carbons (Fsp3) is 0.933. The zero-order valence-electron chi connectivity index (χ0n) is 13.8. The number of carbonyl (C=O) groups excluding carboxylic acids is 1. The molecule has 0 aromatic heterocycles. The van der Waals surface area contributed by atoms with E-state index in [0.29, 0.717) is 6.61 Å². The highest BCUT2D eigenvalue weighted by atomic mass is 16.5. The molecule has 0 aromatic carbocycles. The number of nitrogens with one attached hydrogen (secondary N) is 1. The molecule has 120 valence electrons. The molecule has 0 saturated carbocycles. The van der Waals surface area contributed by atoms with Gasteiger partial charge >= 0.3 is 5.97 Å². The van der Waals surface area contributed by atoms with Crippen LogP contribution < -0.4 is 5.32 Å². The lowest BCUT2D eigenvalue weighted by Crippen LogP contribution is -2.41. The molecule has 0 heterocycles. The van der Waals surface area contributed by atoms with Crippen LogP contribution in [-0.4, -0.2) is 62.9 Å². The van der Waals surface area contributed by atoms with Gasteiger partial charge in [0.15, 0.2) is 0 Å². The standard InChI is InChI=1S/C15H32N2O3/c1-6-9-16-14(15(18)19-7-2)8-10-17(5)11-12-20-13(3)4/h13-14,16H,6-12H2,1-5H3. The van der Waals surface area contributed by atoms with E-state index in [1.165, 1.54) is 0 Å². The Labute approximate surface area is 124 Å². The molecule has 1 atom stereocenters. The minimum absolute atomic E-state index is 0.146. The molecule has 0 spiro atoms. The van der Waals surface area contributed by atoms with Crippen molar-refractivity contribution in [1.82, 2.24) is 10.2 Å². The second kappa shape index (κ2) is 12.1. The summed E-state index contributed by atoms with van der Waals surface area (Å²) in [6, 6.07) is -0.205. The van der Waals surface area contributed by atoms with Crippen molar-refractivity contribution in [2.75, 3.05) is 39.9 Å². The Morgan fingerprint density at radius 2 is 1.95 bits per heavy atom. The molecule has 0 fully saturated rings. The number of rotatable bonds is 12. The summed E-state index contributed by atoms with van der Waals surface area (Å²) in [5.74, 6) is -0.146. The summed E-state index contributed by atoms with van der Waals surface area (Å²) in [4.78, 5) is 14.0. The molecule has 0 aromatic rings. The number of hydrogen-bond donors (Lipinski definition) is 1. The van der Waals surface area contributed by atoms with Crippen LogP contribution in [0.2, 0.25) is 0 Å². The summed E-state index contributed by atoms with van der Waals surface area (Å²) in [6.45, 7) is 11.7. The molecule has 0 aliphatic carbocycles. The minimum Gasteiger partial charge on any atom is -0.465 e. The molecule has 0 radical (unpaired) electrons. The third-order valence-electron chi connectivity index (χ3n) is 2.94. The lowest BCUT2D eigenvalue weighted by atomic mass is 10.2. The first-order chi connectivity index (χ1) is 9.51. The highest BCUT2D eigenvalue weighted by Gasteiger charge is 2.19. The number of carbonyl (C=O) groups is 1. The van der Waals surface area contributed by atoms with Crippen LogP contribution in [0.25, 0.3) is 0 Å². The van der Waals surface area contributed by atoms with Gasteiger partial charge in [-0.1, -0.05) is 6.92 Å².